The molecule has 0 aliphatic rings. The summed E-state index contributed by atoms with van der Waals surface area (Å²) in [6, 6.07) is 1.07. The maximum atomic E-state index is 13.2. The van der Waals surface area contributed by atoms with Crippen LogP contribution < -0.4 is 5.32 Å². The van der Waals surface area contributed by atoms with Gasteiger partial charge in [-0.15, -0.1) is 0 Å². The van der Waals surface area contributed by atoms with Crippen molar-refractivity contribution in [1.82, 2.24) is 0 Å². The fraction of sp³-hybridized carbons (Fsp3) is 0.364. The van der Waals surface area contributed by atoms with Crippen molar-refractivity contribution in [1.29, 1.82) is 0 Å². The first-order valence-electron chi connectivity index (χ1n) is 5.30. The maximum Gasteiger partial charge on any atom is 0.326 e. The number of nitrogens with zero attached hydrogens (tertiary/aromatic N) is 1. The van der Waals surface area contributed by atoms with Gasteiger partial charge in [-0.2, -0.15) is 0 Å². The molecule has 6 nitrogen and oxygen atoms in total. The molecule has 18 heavy (non-hydrogen) atoms. The van der Waals surface area contributed by atoms with E-state index in [-0.39, 0.29) is 17.7 Å². The maximum absolute atomic E-state index is 13.2. The summed E-state index contributed by atoms with van der Waals surface area (Å²) in [5.74, 6) is -1.82. The van der Waals surface area contributed by atoms with Crippen LogP contribution in [0.15, 0.2) is 12.1 Å². The van der Waals surface area contributed by atoms with Crippen molar-refractivity contribution in [3.05, 3.63) is 33.6 Å². The molecule has 1 atom stereocenters. The number of aryl methyl sites for hydroxylation is 1. The van der Waals surface area contributed by atoms with Gasteiger partial charge >= 0.3 is 5.97 Å². The topological polar surface area (TPSA) is 92.5 Å². The van der Waals surface area contributed by atoms with E-state index in [1.165, 1.54) is 13.0 Å². The molecule has 0 radical (unpaired) electrons. The van der Waals surface area contributed by atoms with Crippen molar-refractivity contribution in [2.24, 2.45) is 0 Å². The minimum Gasteiger partial charge on any atom is -0.480 e. The first-order chi connectivity index (χ1) is 8.36. The van der Waals surface area contributed by atoms with E-state index >= 15 is 0 Å². The lowest BCUT2D eigenvalue weighted by molar-refractivity contribution is -0.384. The van der Waals surface area contributed by atoms with E-state index in [0.717, 1.165) is 6.07 Å². The van der Waals surface area contributed by atoms with Crippen LogP contribution in [0.1, 0.15) is 18.9 Å². The van der Waals surface area contributed by atoms with E-state index < -0.39 is 28.4 Å². The van der Waals surface area contributed by atoms with Gasteiger partial charge in [0.25, 0.3) is 5.69 Å². The molecule has 0 aliphatic carbocycles. The lowest BCUT2D eigenvalue weighted by Gasteiger charge is -2.14. The lowest BCUT2D eigenvalue weighted by Crippen LogP contribution is -2.28. The molecule has 0 bridgehead atoms. The molecule has 0 aliphatic heterocycles. The second kappa shape index (κ2) is 5.44. The van der Waals surface area contributed by atoms with Crippen LogP contribution in [0, 0.1) is 22.9 Å². The van der Waals surface area contributed by atoms with Crippen LogP contribution in [-0.4, -0.2) is 22.0 Å². The monoisotopic (exact) mass is 256 g/mol. The van der Waals surface area contributed by atoms with Gasteiger partial charge in [-0.1, -0.05) is 6.92 Å². The second-order valence-corrected chi connectivity index (χ2v) is 3.82. The van der Waals surface area contributed by atoms with Gasteiger partial charge in [0.15, 0.2) is 0 Å². The molecule has 2 N–H and O–H groups in total. The Hall–Kier alpha value is -2.18. The minimum atomic E-state index is -1.12. The molecule has 1 aromatic rings. The number of carbonyl (C=O) groups is 1. The van der Waals surface area contributed by atoms with E-state index in [4.69, 9.17) is 5.11 Å². The summed E-state index contributed by atoms with van der Waals surface area (Å²) in [7, 11) is 0. The highest BCUT2D eigenvalue weighted by atomic mass is 19.1. The molecule has 7 heteroatoms. The number of rotatable bonds is 5. The number of hydrogen-bond donors (Lipinski definition) is 2. The number of carboxylic acids is 1. The average molecular weight is 256 g/mol. The Morgan fingerprint density at radius 3 is 2.67 bits per heavy atom. The largest absolute Gasteiger partial charge is 0.480 e. The van der Waals surface area contributed by atoms with Crippen LogP contribution >= 0.6 is 0 Å². The summed E-state index contributed by atoms with van der Waals surface area (Å²) in [5, 5.41) is 22.2. The normalized spacial score (nSPS) is 11.9. The van der Waals surface area contributed by atoms with Gasteiger partial charge in [0.1, 0.15) is 17.5 Å². The summed E-state index contributed by atoms with van der Waals surface area (Å²) in [6.07, 6.45) is 0.253. The minimum absolute atomic E-state index is 0.00755. The van der Waals surface area contributed by atoms with Crippen LogP contribution in [0.25, 0.3) is 0 Å². The Morgan fingerprint density at radius 1 is 1.61 bits per heavy atom. The summed E-state index contributed by atoms with van der Waals surface area (Å²) in [6.45, 7) is 3.08. The third-order valence-electron chi connectivity index (χ3n) is 2.51. The van der Waals surface area contributed by atoms with Crippen molar-refractivity contribution >= 4 is 17.3 Å². The number of nitrogens with one attached hydrogen (secondary N) is 1. The molecule has 0 spiro atoms. The summed E-state index contributed by atoms with van der Waals surface area (Å²) in [4.78, 5) is 20.9. The third-order valence-corrected chi connectivity index (χ3v) is 2.51. The fourth-order valence-corrected chi connectivity index (χ4v) is 1.46. The molecule has 1 unspecified atom stereocenters. The van der Waals surface area contributed by atoms with Gasteiger partial charge in [0.05, 0.1) is 11.0 Å². The molecule has 0 amide bonds. The molecule has 0 heterocycles. The molecule has 98 valence electrons. The van der Waals surface area contributed by atoms with Gasteiger partial charge in [-0.25, -0.2) is 9.18 Å². The Morgan fingerprint density at radius 2 is 2.22 bits per heavy atom. The molecule has 0 saturated carbocycles. The smallest absolute Gasteiger partial charge is 0.326 e. The fourth-order valence-electron chi connectivity index (χ4n) is 1.46. The highest BCUT2D eigenvalue weighted by Gasteiger charge is 2.22. The van der Waals surface area contributed by atoms with E-state index in [2.05, 4.69) is 5.32 Å². The van der Waals surface area contributed by atoms with Crippen LogP contribution in [0.4, 0.5) is 15.8 Å². The number of nitro groups is 1. The molecular weight excluding hydrogens is 243 g/mol. The number of anilines is 1. The van der Waals surface area contributed by atoms with E-state index in [0.29, 0.717) is 0 Å². The Labute approximate surface area is 103 Å². The number of nitro benzene ring substituents is 1. The second-order valence-electron chi connectivity index (χ2n) is 3.82. The summed E-state index contributed by atoms with van der Waals surface area (Å²) in [5.41, 5.74) is -0.255. The van der Waals surface area contributed by atoms with Crippen molar-refractivity contribution < 1.29 is 19.2 Å². The van der Waals surface area contributed by atoms with Crippen molar-refractivity contribution in [2.45, 2.75) is 26.3 Å². The predicted molar refractivity (Wildman–Crippen MR) is 63.1 cm³/mol. The first-order valence-corrected chi connectivity index (χ1v) is 5.30. The number of aliphatic carboxylic acids is 1. The van der Waals surface area contributed by atoms with Gasteiger partial charge in [-0.3, -0.25) is 10.1 Å². The predicted octanol–water partition coefficient (Wildman–Crippen LogP) is 2.32. The average Bonchev–Trinajstić information content (AvgIpc) is 2.29. The Balaban J connectivity index is 3.18. The molecule has 1 rings (SSSR count). The van der Waals surface area contributed by atoms with Crippen LogP contribution in [-0.2, 0) is 4.79 Å². The van der Waals surface area contributed by atoms with Crippen LogP contribution in [0.3, 0.4) is 0 Å². The summed E-state index contributed by atoms with van der Waals surface area (Å²) < 4.78 is 13.2. The zero-order chi connectivity index (χ0) is 13.9. The van der Waals surface area contributed by atoms with Crippen molar-refractivity contribution in [2.75, 3.05) is 5.32 Å². The van der Waals surface area contributed by atoms with E-state index in [9.17, 15) is 19.3 Å². The molecular formula is C11H13FN2O4. The Bertz CT molecular complexity index is 490. The first kappa shape index (κ1) is 13.9. The standard InChI is InChI=1S/C11H13FN2O4/c1-3-8(11(15)16)13-9-4-6(2)7(12)5-10(9)14(17)18/h4-5,8,13H,3H2,1-2H3,(H,15,16). The van der Waals surface area contributed by atoms with Gasteiger partial charge in [0, 0.05) is 0 Å². The Kier molecular flexibility index (Phi) is 4.19. The van der Waals surface area contributed by atoms with Crippen molar-refractivity contribution in [3.63, 3.8) is 0 Å². The van der Waals surface area contributed by atoms with Gasteiger partial charge in [-0.05, 0) is 25.0 Å². The van der Waals surface area contributed by atoms with E-state index in [1.54, 1.807) is 6.92 Å². The van der Waals surface area contributed by atoms with Crippen LogP contribution in [0.5, 0.6) is 0 Å². The number of hydrogen-bond acceptors (Lipinski definition) is 4. The van der Waals surface area contributed by atoms with E-state index in [1.807, 2.05) is 0 Å². The highest BCUT2D eigenvalue weighted by Crippen LogP contribution is 2.28. The van der Waals surface area contributed by atoms with Gasteiger partial charge < -0.3 is 10.4 Å². The number of carboxylic acid groups (broad SMARTS) is 1. The van der Waals surface area contributed by atoms with Crippen LogP contribution in [0.2, 0.25) is 0 Å². The molecule has 0 fully saturated rings. The van der Waals surface area contributed by atoms with Gasteiger partial charge in [0.2, 0.25) is 0 Å². The SMILES string of the molecule is CCC(Nc1cc(C)c(F)cc1[N+](=O)[O-])C(=O)O. The molecule has 0 saturated heterocycles. The number of halogens is 1. The summed E-state index contributed by atoms with van der Waals surface area (Å²) >= 11 is 0. The molecule has 0 aromatic heterocycles. The quantitative estimate of drug-likeness (QED) is 0.623. The highest BCUT2D eigenvalue weighted by molar-refractivity contribution is 5.79. The third kappa shape index (κ3) is 2.93. The molecule has 1 aromatic carbocycles. The lowest BCUT2D eigenvalue weighted by atomic mass is 10.1. The number of benzene rings is 1. The van der Waals surface area contributed by atoms with Crippen molar-refractivity contribution in [3.8, 4) is 0 Å². The zero-order valence-corrected chi connectivity index (χ0v) is 9.94. The zero-order valence-electron chi connectivity index (χ0n) is 9.94.